The number of carboxylic acids is 1. The average Bonchev–Trinajstić information content (AvgIpc) is 2.34. The maximum absolute atomic E-state index is 11.8. The molecule has 0 radical (unpaired) electrons. The molecule has 1 aromatic carbocycles. The van der Waals surface area contributed by atoms with E-state index < -0.39 is 18.4 Å². The van der Waals surface area contributed by atoms with E-state index in [1.807, 2.05) is 20.8 Å². The van der Waals surface area contributed by atoms with Gasteiger partial charge in [-0.3, -0.25) is 14.4 Å². The van der Waals surface area contributed by atoms with E-state index in [1.54, 1.807) is 12.1 Å². The molecule has 0 heterocycles. The molecule has 1 aromatic rings. The van der Waals surface area contributed by atoms with Gasteiger partial charge in [-0.05, 0) is 29.7 Å². The fourth-order valence-corrected chi connectivity index (χ4v) is 1.65. The monoisotopic (exact) mass is 292 g/mol. The minimum atomic E-state index is -1.10. The van der Waals surface area contributed by atoms with Gasteiger partial charge in [0.1, 0.15) is 6.54 Å². The molecular formula is C15H20N2O4. The van der Waals surface area contributed by atoms with Gasteiger partial charge in [-0.25, -0.2) is 0 Å². The lowest BCUT2D eigenvalue weighted by Gasteiger charge is -2.17. The van der Waals surface area contributed by atoms with E-state index >= 15 is 0 Å². The Labute approximate surface area is 123 Å². The molecule has 0 bridgehead atoms. The van der Waals surface area contributed by atoms with Crippen molar-refractivity contribution in [2.75, 3.05) is 11.9 Å². The molecule has 0 aliphatic heterocycles. The van der Waals surface area contributed by atoms with E-state index in [0.29, 0.717) is 17.7 Å². The third-order valence-corrected chi connectivity index (χ3v) is 2.52. The summed E-state index contributed by atoms with van der Waals surface area (Å²) in [5.74, 6) is -1.66. The summed E-state index contributed by atoms with van der Waals surface area (Å²) in [4.78, 5) is 33.7. The SMILES string of the molecule is CC(C)(C)CC(=O)Nc1ccc(C(=O)NCC(=O)O)cc1. The second-order valence-corrected chi connectivity index (χ2v) is 5.94. The van der Waals surface area contributed by atoms with Crippen LogP contribution in [0.4, 0.5) is 5.69 Å². The molecule has 0 unspecified atom stereocenters. The van der Waals surface area contributed by atoms with Gasteiger partial charge in [-0.2, -0.15) is 0 Å². The fourth-order valence-electron chi connectivity index (χ4n) is 1.65. The average molecular weight is 292 g/mol. The highest BCUT2D eigenvalue weighted by Gasteiger charge is 2.16. The first-order chi connectivity index (χ1) is 9.67. The van der Waals surface area contributed by atoms with Crippen molar-refractivity contribution in [1.82, 2.24) is 5.32 Å². The lowest BCUT2D eigenvalue weighted by molar-refractivity contribution is -0.135. The first-order valence-electron chi connectivity index (χ1n) is 6.57. The number of hydrogen-bond acceptors (Lipinski definition) is 3. The second kappa shape index (κ2) is 6.88. The van der Waals surface area contributed by atoms with Crippen LogP contribution >= 0.6 is 0 Å². The maximum atomic E-state index is 11.8. The van der Waals surface area contributed by atoms with Gasteiger partial charge in [-0.1, -0.05) is 20.8 Å². The normalized spacial score (nSPS) is 10.8. The van der Waals surface area contributed by atoms with Crippen LogP contribution in [0.1, 0.15) is 37.6 Å². The molecular weight excluding hydrogens is 272 g/mol. The maximum Gasteiger partial charge on any atom is 0.322 e. The predicted molar refractivity (Wildman–Crippen MR) is 79.1 cm³/mol. The number of nitrogens with one attached hydrogen (secondary N) is 2. The minimum absolute atomic E-state index is 0.0921. The molecule has 0 spiro atoms. The van der Waals surface area contributed by atoms with Crippen LogP contribution in [0.25, 0.3) is 0 Å². The molecule has 0 fully saturated rings. The van der Waals surface area contributed by atoms with Crippen LogP contribution in [0.15, 0.2) is 24.3 Å². The summed E-state index contributed by atoms with van der Waals surface area (Å²) in [7, 11) is 0. The van der Waals surface area contributed by atoms with E-state index in [2.05, 4.69) is 10.6 Å². The molecule has 0 saturated carbocycles. The Hall–Kier alpha value is -2.37. The van der Waals surface area contributed by atoms with Crippen molar-refractivity contribution in [2.45, 2.75) is 27.2 Å². The van der Waals surface area contributed by atoms with Crippen molar-refractivity contribution >= 4 is 23.5 Å². The molecule has 0 saturated heterocycles. The number of hydrogen-bond donors (Lipinski definition) is 3. The van der Waals surface area contributed by atoms with Crippen LogP contribution in [-0.4, -0.2) is 29.4 Å². The topological polar surface area (TPSA) is 95.5 Å². The van der Waals surface area contributed by atoms with Crippen molar-refractivity contribution in [1.29, 1.82) is 0 Å². The molecule has 2 amide bonds. The Morgan fingerprint density at radius 3 is 2.14 bits per heavy atom. The summed E-state index contributed by atoms with van der Waals surface area (Å²) in [5.41, 5.74) is 0.838. The van der Waals surface area contributed by atoms with Crippen molar-refractivity contribution in [3.63, 3.8) is 0 Å². The van der Waals surface area contributed by atoms with E-state index in [4.69, 9.17) is 5.11 Å². The predicted octanol–water partition coefficient (Wildman–Crippen LogP) is 1.88. The first-order valence-corrected chi connectivity index (χ1v) is 6.57. The van der Waals surface area contributed by atoms with Gasteiger partial charge in [0.15, 0.2) is 0 Å². The summed E-state index contributed by atoms with van der Waals surface area (Å²) in [6.07, 6.45) is 0.397. The number of carbonyl (C=O) groups is 3. The number of amides is 2. The third kappa shape index (κ3) is 6.56. The zero-order chi connectivity index (χ0) is 16.0. The lowest BCUT2D eigenvalue weighted by atomic mass is 9.92. The Morgan fingerprint density at radius 1 is 1.10 bits per heavy atom. The third-order valence-electron chi connectivity index (χ3n) is 2.52. The number of carboxylic acid groups (broad SMARTS) is 1. The van der Waals surface area contributed by atoms with Gasteiger partial charge in [-0.15, -0.1) is 0 Å². The molecule has 6 nitrogen and oxygen atoms in total. The number of benzene rings is 1. The molecule has 1 rings (SSSR count). The van der Waals surface area contributed by atoms with Crippen molar-refractivity contribution in [3.05, 3.63) is 29.8 Å². The largest absolute Gasteiger partial charge is 0.480 e. The first kappa shape index (κ1) is 16.7. The number of rotatable bonds is 5. The van der Waals surface area contributed by atoms with E-state index in [1.165, 1.54) is 12.1 Å². The highest BCUT2D eigenvalue weighted by atomic mass is 16.4. The molecule has 0 atom stereocenters. The summed E-state index contributed by atoms with van der Waals surface area (Å²) in [6, 6.07) is 6.28. The quantitative estimate of drug-likeness (QED) is 0.772. The summed E-state index contributed by atoms with van der Waals surface area (Å²) < 4.78 is 0. The highest BCUT2D eigenvalue weighted by molar-refractivity contribution is 5.97. The van der Waals surface area contributed by atoms with Crippen molar-refractivity contribution in [3.8, 4) is 0 Å². The van der Waals surface area contributed by atoms with E-state index in [-0.39, 0.29) is 11.3 Å². The van der Waals surface area contributed by atoms with Gasteiger partial charge in [0.25, 0.3) is 5.91 Å². The second-order valence-electron chi connectivity index (χ2n) is 5.94. The Kier molecular flexibility index (Phi) is 5.46. The van der Waals surface area contributed by atoms with Crippen LogP contribution < -0.4 is 10.6 Å². The number of carbonyl (C=O) groups excluding carboxylic acids is 2. The number of anilines is 1. The molecule has 114 valence electrons. The molecule has 0 aliphatic carbocycles. The zero-order valence-electron chi connectivity index (χ0n) is 12.4. The Morgan fingerprint density at radius 2 is 1.67 bits per heavy atom. The molecule has 6 heteroatoms. The fraction of sp³-hybridized carbons (Fsp3) is 0.400. The van der Waals surface area contributed by atoms with Crippen LogP contribution in [0, 0.1) is 5.41 Å². The Bertz CT molecular complexity index is 530. The number of aliphatic carboxylic acids is 1. The Balaban J connectivity index is 2.60. The minimum Gasteiger partial charge on any atom is -0.480 e. The van der Waals surface area contributed by atoms with Gasteiger partial charge in [0.05, 0.1) is 0 Å². The summed E-state index contributed by atoms with van der Waals surface area (Å²) >= 11 is 0. The van der Waals surface area contributed by atoms with Gasteiger partial charge in [0.2, 0.25) is 5.91 Å². The van der Waals surface area contributed by atoms with Crippen LogP contribution in [0.2, 0.25) is 0 Å². The van der Waals surface area contributed by atoms with Gasteiger partial charge >= 0.3 is 5.97 Å². The van der Waals surface area contributed by atoms with Crippen LogP contribution in [0.5, 0.6) is 0 Å². The summed E-state index contributed by atoms with van der Waals surface area (Å²) in [6.45, 7) is 5.50. The standard InChI is InChI=1S/C15H20N2O4/c1-15(2,3)8-12(18)17-11-6-4-10(5-7-11)14(21)16-9-13(19)20/h4-7H,8-9H2,1-3H3,(H,16,21)(H,17,18)(H,19,20). The van der Waals surface area contributed by atoms with Crippen molar-refractivity contribution < 1.29 is 19.5 Å². The van der Waals surface area contributed by atoms with Crippen LogP contribution in [-0.2, 0) is 9.59 Å². The smallest absolute Gasteiger partial charge is 0.322 e. The molecule has 3 N–H and O–H groups in total. The zero-order valence-corrected chi connectivity index (χ0v) is 12.4. The van der Waals surface area contributed by atoms with E-state index in [0.717, 1.165) is 0 Å². The molecule has 0 aliphatic rings. The van der Waals surface area contributed by atoms with Gasteiger partial charge < -0.3 is 15.7 Å². The highest BCUT2D eigenvalue weighted by Crippen LogP contribution is 2.19. The summed E-state index contributed by atoms with van der Waals surface area (Å²) in [5, 5.41) is 13.5. The molecule has 0 aromatic heterocycles. The van der Waals surface area contributed by atoms with Gasteiger partial charge in [0, 0.05) is 17.7 Å². The lowest BCUT2D eigenvalue weighted by Crippen LogP contribution is -2.29. The van der Waals surface area contributed by atoms with Crippen molar-refractivity contribution in [2.24, 2.45) is 5.41 Å². The van der Waals surface area contributed by atoms with Crippen LogP contribution in [0.3, 0.4) is 0 Å². The molecule has 21 heavy (non-hydrogen) atoms. The van der Waals surface area contributed by atoms with E-state index in [9.17, 15) is 14.4 Å².